The minimum Gasteiger partial charge on any atom is -0.497 e. The van der Waals surface area contributed by atoms with Crippen molar-refractivity contribution in [2.45, 2.75) is 25.0 Å². The quantitative estimate of drug-likeness (QED) is 0.237. The van der Waals surface area contributed by atoms with E-state index >= 15 is 0 Å². The van der Waals surface area contributed by atoms with Crippen LogP contribution in [0.2, 0.25) is 0 Å². The lowest BCUT2D eigenvalue weighted by atomic mass is 10.1. The summed E-state index contributed by atoms with van der Waals surface area (Å²) in [5, 5.41) is 0.466. The normalized spacial score (nSPS) is 18.9. The Morgan fingerprint density at radius 3 is 2.57 bits per heavy atom. The summed E-state index contributed by atoms with van der Waals surface area (Å²) in [6, 6.07) is 15.4. The molecule has 1 aromatic heterocycles. The lowest BCUT2D eigenvalue weighted by molar-refractivity contribution is -0.165. The molecule has 0 radical (unpaired) electrons. The van der Waals surface area contributed by atoms with Crippen LogP contribution in [0.25, 0.3) is 11.0 Å². The van der Waals surface area contributed by atoms with Crippen molar-refractivity contribution >= 4 is 34.6 Å². The predicted molar refractivity (Wildman–Crippen MR) is 136 cm³/mol. The van der Waals surface area contributed by atoms with E-state index in [1.165, 1.54) is 22.7 Å². The summed E-state index contributed by atoms with van der Waals surface area (Å²) in [5.41, 5.74) is 1.54. The van der Waals surface area contributed by atoms with E-state index in [9.17, 15) is 14.4 Å². The van der Waals surface area contributed by atoms with E-state index in [1.807, 2.05) is 19.1 Å². The molecular weight excluding hydrogens is 498 g/mol. The molecule has 2 aliphatic heterocycles. The Labute approximate surface area is 216 Å². The van der Waals surface area contributed by atoms with Crippen LogP contribution >= 0.6 is 11.8 Å². The van der Waals surface area contributed by atoms with Crippen LogP contribution in [0.3, 0.4) is 0 Å². The molecule has 10 heteroatoms. The van der Waals surface area contributed by atoms with Gasteiger partial charge in [-0.15, -0.1) is 11.8 Å². The lowest BCUT2D eigenvalue weighted by Crippen LogP contribution is -2.66. The third-order valence-electron chi connectivity index (χ3n) is 6.07. The first-order valence-corrected chi connectivity index (χ1v) is 12.8. The minimum absolute atomic E-state index is 0.0406. The van der Waals surface area contributed by atoms with Crippen LogP contribution in [-0.4, -0.2) is 54.3 Å². The molecule has 1 fully saturated rings. The Morgan fingerprint density at radius 2 is 1.81 bits per heavy atom. The molecular formula is C27H25NO8S. The molecule has 5 rings (SSSR count). The molecule has 0 aliphatic carbocycles. The molecule has 37 heavy (non-hydrogen) atoms. The topological polar surface area (TPSA) is 105 Å². The fraction of sp³-hybridized carbons (Fsp3) is 0.296. The number of fused-ring (bicyclic) bond motifs is 2. The molecule has 3 heterocycles. The number of benzene rings is 2. The number of ether oxygens (including phenoxy) is 4. The second kappa shape index (κ2) is 10.7. The number of thioether (sulfide) groups is 1. The van der Waals surface area contributed by atoms with Gasteiger partial charge in [0.25, 0.3) is 5.91 Å². The summed E-state index contributed by atoms with van der Waals surface area (Å²) in [5.74, 6) is 0.751. The summed E-state index contributed by atoms with van der Waals surface area (Å²) in [6.07, 6.45) is -0.592. The first kappa shape index (κ1) is 24.9. The van der Waals surface area contributed by atoms with Gasteiger partial charge in [0.15, 0.2) is 6.10 Å². The van der Waals surface area contributed by atoms with Crippen molar-refractivity contribution in [1.82, 2.24) is 4.90 Å². The summed E-state index contributed by atoms with van der Waals surface area (Å²) in [4.78, 5) is 39.2. The van der Waals surface area contributed by atoms with Crippen molar-refractivity contribution < 1.29 is 33.0 Å². The molecule has 0 spiro atoms. The van der Waals surface area contributed by atoms with Gasteiger partial charge in [-0.1, -0.05) is 12.1 Å². The van der Waals surface area contributed by atoms with Crippen LogP contribution in [-0.2, 0) is 25.7 Å². The second-order valence-corrected chi connectivity index (χ2v) is 9.51. The van der Waals surface area contributed by atoms with Gasteiger partial charge in [-0.2, -0.15) is 0 Å². The summed E-state index contributed by atoms with van der Waals surface area (Å²) in [6.45, 7) is 2.32. The number of carbonyl (C=O) groups is 2. The third kappa shape index (κ3) is 5.07. The number of hydrogen-bond donors (Lipinski definition) is 0. The standard InChI is InChI=1S/C27H25NO8S/c1-3-33-24-25(30)28-23(27(31)35-13-16-4-8-19(32-2)9-5-16)18(15-37-26(24)28)14-34-20-10-6-17-7-11-22(29)36-21(17)12-20/h4-12,24,26H,3,13-15H2,1-2H3/t24-,26-/m0/s1. The highest BCUT2D eigenvalue weighted by Gasteiger charge is 2.54. The number of β-lactam (4-membered cyclic amide) rings is 1. The van der Waals surface area contributed by atoms with Gasteiger partial charge in [0.1, 0.15) is 41.4 Å². The van der Waals surface area contributed by atoms with Crippen molar-refractivity contribution in [1.29, 1.82) is 0 Å². The number of rotatable bonds is 9. The Hall–Kier alpha value is -3.76. The highest BCUT2D eigenvalue weighted by molar-refractivity contribution is 8.00. The second-order valence-electron chi connectivity index (χ2n) is 8.40. The monoisotopic (exact) mass is 523 g/mol. The average Bonchev–Trinajstić information content (AvgIpc) is 2.92. The number of nitrogens with zero attached hydrogens (tertiary/aromatic N) is 1. The maximum absolute atomic E-state index is 13.3. The van der Waals surface area contributed by atoms with Gasteiger partial charge < -0.3 is 23.4 Å². The van der Waals surface area contributed by atoms with Crippen LogP contribution in [0.15, 0.2) is 75.1 Å². The van der Waals surface area contributed by atoms with Crippen molar-refractivity contribution in [2.75, 3.05) is 26.1 Å². The van der Waals surface area contributed by atoms with E-state index in [4.69, 9.17) is 23.4 Å². The van der Waals surface area contributed by atoms with Gasteiger partial charge in [0, 0.05) is 35.5 Å². The Bertz CT molecular complexity index is 1410. The lowest BCUT2D eigenvalue weighted by Gasteiger charge is -2.49. The number of amides is 1. The molecule has 192 valence electrons. The molecule has 0 bridgehead atoms. The van der Waals surface area contributed by atoms with Crippen molar-refractivity contribution in [3.8, 4) is 11.5 Å². The zero-order valence-electron chi connectivity index (χ0n) is 20.3. The van der Waals surface area contributed by atoms with Gasteiger partial charge in [-0.05, 0) is 42.8 Å². The molecule has 0 unspecified atom stereocenters. The molecule has 3 aromatic rings. The van der Waals surface area contributed by atoms with Crippen LogP contribution in [0.5, 0.6) is 11.5 Å². The predicted octanol–water partition coefficient (Wildman–Crippen LogP) is 3.50. The van der Waals surface area contributed by atoms with Gasteiger partial charge in [0.05, 0.1) is 7.11 Å². The molecule has 0 N–H and O–H groups in total. The number of hydrogen-bond acceptors (Lipinski definition) is 9. The molecule has 9 nitrogen and oxygen atoms in total. The molecule has 2 atom stereocenters. The number of esters is 1. The van der Waals surface area contributed by atoms with E-state index in [0.29, 0.717) is 35.0 Å². The van der Waals surface area contributed by atoms with Gasteiger partial charge in [-0.3, -0.25) is 9.69 Å². The highest BCUT2D eigenvalue weighted by atomic mass is 32.2. The maximum Gasteiger partial charge on any atom is 0.355 e. The Morgan fingerprint density at radius 1 is 1.05 bits per heavy atom. The molecule has 1 amide bonds. The van der Waals surface area contributed by atoms with Crippen LogP contribution in [0.4, 0.5) is 0 Å². The van der Waals surface area contributed by atoms with E-state index in [0.717, 1.165) is 10.9 Å². The molecule has 2 aliphatic rings. The summed E-state index contributed by atoms with van der Waals surface area (Å²) >= 11 is 1.51. The molecule has 1 saturated heterocycles. The largest absolute Gasteiger partial charge is 0.497 e. The number of methoxy groups -OCH3 is 1. The van der Waals surface area contributed by atoms with Crippen LogP contribution in [0, 0.1) is 0 Å². The van der Waals surface area contributed by atoms with Gasteiger partial charge in [-0.25, -0.2) is 9.59 Å². The van der Waals surface area contributed by atoms with Crippen LogP contribution < -0.4 is 15.1 Å². The van der Waals surface area contributed by atoms with Gasteiger partial charge in [0.2, 0.25) is 0 Å². The van der Waals surface area contributed by atoms with E-state index in [2.05, 4.69) is 0 Å². The van der Waals surface area contributed by atoms with Gasteiger partial charge >= 0.3 is 11.6 Å². The first-order valence-electron chi connectivity index (χ1n) is 11.7. The zero-order valence-corrected chi connectivity index (χ0v) is 21.1. The van der Waals surface area contributed by atoms with Crippen molar-refractivity contribution in [3.63, 3.8) is 0 Å². The average molecular weight is 524 g/mol. The smallest absolute Gasteiger partial charge is 0.355 e. The fourth-order valence-corrected chi connectivity index (χ4v) is 5.51. The SMILES string of the molecule is CCO[C@H]1C(=O)N2C(C(=O)OCc3ccc(OC)cc3)=C(COc3ccc4ccc(=O)oc4c3)CS[C@@H]12. The Kier molecular flexibility index (Phi) is 7.20. The molecule has 2 aromatic carbocycles. The molecule has 0 saturated carbocycles. The van der Waals surface area contributed by atoms with Crippen molar-refractivity contribution in [2.24, 2.45) is 0 Å². The minimum atomic E-state index is -0.604. The summed E-state index contributed by atoms with van der Waals surface area (Å²) in [7, 11) is 1.58. The zero-order chi connectivity index (χ0) is 25.9. The Balaban J connectivity index is 1.37. The van der Waals surface area contributed by atoms with E-state index in [1.54, 1.807) is 43.5 Å². The highest BCUT2D eigenvalue weighted by Crippen LogP contribution is 2.42. The van der Waals surface area contributed by atoms with E-state index in [-0.39, 0.29) is 30.2 Å². The maximum atomic E-state index is 13.3. The van der Waals surface area contributed by atoms with Crippen LogP contribution in [0.1, 0.15) is 12.5 Å². The number of carbonyl (C=O) groups excluding carboxylic acids is 2. The summed E-state index contributed by atoms with van der Waals surface area (Å²) < 4.78 is 27.5. The van der Waals surface area contributed by atoms with Crippen molar-refractivity contribution in [3.05, 3.63) is 81.9 Å². The van der Waals surface area contributed by atoms with E-state index < -0.39 is 17.7 Å². The fourth-order valence-electron chi connectivity index (χ4n) is 4.19. The first-order chi connectivity index (χ1) is 18.0. The third-order valence-corrected chi connectivity index (χ3v) is 7.39.